The van der Waals surface area contributed by atoms with E-state index in [0.717, 1.165) is 31.0 Å². The number of nitrogens with zero attached hydrogens (tertiary/aromatic N) is 3. The Bertz CT molecular complexity index is 1500. The zero-order chi connectivity index (χ0) is 24.6. The average molecular weight is 478 g/mol. The standard InChI is InChI=1S/C32H35N3O/c1-20-6-5-7-21(2)28(20)30-29(31(36-33-30)23-8-9-23)25-18-32(19-25)12-14-35(15-13-32)26-11-10-24-16-22(3)34(4)27(24)17-26/h5-7,10-11,16-18,23H,8-9,12-15,19H2,1-4H3. The zero-order valence-corrected chi connectivity index (χ0v) is 21.9. The number of benzene rings is 2. The molecular weight excluding hydrogens is 442 g/mol. The zero-order valence-electron chi connectivity index (χ0n) is 21.9. The van der Waals surface area contributed by atoms with E-state index in [1.807, 2.05) is 0 Å². The van der Waals surface area contributed by atoms with Crippen molar-refractivity contribution >= 4 is 22.2 Å². The molecule has 0 unspecified atom stereocenters. The van der Waals surface area contributed by atoms with Gasteiger partial charge < -0.3 is 14.0 Å². The van der Waals surface area contributed by atoms with Crippen molar-refractivity contribution < 1.29 is 4.52 Å². The molecule has 1 saturated heterocycles. The second kappa shape index (κ2) is 7.86. The molecule has 1 aliphatic heterocycles. The maximum atomic E-state index is 6.04. The summed E-state index contributed by atoms with van der Waals surface area (Å²) in [6.07, 6.45) is 8.62. The van der Waals surface area contributed by atoms with Crippen molar-refractivity contribution in [3.63, 3.8) is 0 Å². The van der Waals surface area contributed by atoms with Crippen LogP contribution in [0, 0.1) is 26.2 Å². The van der Waals surface area contributed by atoms with Crippen LogP contribution in [0.25, 0.3) is 27.7 Å². The van der Waals surface area contributed by atoms with Gasteiger partial charge in [0.25, 0.3) is 0 Å². The number of aromatic nitrogens is 2. The Morgan fingerprint density at radius 3 is 2.36 bits per heavy atom. The predicted molar refractivity (Wildman–Crippen MR) is 148 cm³/mol. The molecular formula is C32H35N3O. The van der Waals surface area contributed by atoms with Crippen LogP contribution in [0.15, 0.2) is 53.1 Å². The van der Waals surface area contributed by atoms with Crippen LogP contribution in [0.3, 0.4) is 0 Å². The van der Waals surface area contributed by atoms with Crippen molar-refractivity contribution in [3.8, 4) is 11.3 Å². The van der Waals surface area contributed by atoms with Crippen LogP contribution in [0.2, 0.25) is 0 Å². The minimum atomic E-state index is 0.327. The first-order chi connectivity index (χ1) is 17.4. The monoisotopic (exact) mass is 477 g/mol. The number of aryl methyl sites for hydroxylation is 4. The van der Waals surface area contributed by atoms with Crippen LogP contribution in [0.1, 0.15) is 66.2 Å². The van der Waals surface area contributed by atoms with Crippen LogP contribution in [-0.2, 0) is 7.05 Å². The highest BCUT2D eigenvalue weighted by Crippen LogP contribution is 2.56. The highest BCUT2D eigenvalue weighted by atomic mass is 16.5. The molecule has 2 aromatic carbocycles. The van der Waals surface area contributed by atoms with Crippen LogP contribution in [0.4, 0.5) is 5.69 Å². The van der Waals surface area contributed by atoms with Gasteiger partial charge in [-0.15, -0.1) is 0 Å². The van der Waals surface area contributed by atoms with E-state index in [1.165, 1.54) is 75.8 Å². The lowest BCUT2D eigenvalue weighted by Crippen LogP contribution is -2.42. The molecule has 3 aliphatic rings. The molecule has 3 heterocycles. The molecule has 0 amide bonds. The molecule has 4 heteroatoms. The maximum absolute atomic E-state index is 6.04. The molecule has 0 atom stereocenters. The third kappa shape index (κ3) is 3.37. The first kappa shape index (κ1) is 22.0. The SMILES string of the molecule is Cc1cccc(C)c1-c1noc(C2CC2)c1C1=CC2(CCN(c3ccc4cc(C)n(C)c4c3)CC2)C1. The van der Waals surface area contributed by atoms with Crippen LogP contribution in [-0.4, -0.2) is 22.8 Å². The van der Waals surface area contributed by atoms with Crippen molar-refractivity contribution in [2.45, 2.75) is 58.8 Å². The fourth-order valence-corrected chi connectivity index (χ4v) is 6.66. The number of allylic oxidation sites excluding steroid dienone is 2. The van der Waals surface area contributed by atoms with E-state index in [0.29, 0.717) is 11.3 Å². The summed E-state index contributed by atoms with van der Waals surface area (Å²) in [6, 6.07) is 15.8. The topological polar surface area (TPSA) is 34.2 Å². The predicted octanol–water partition coefficient (Wildman–Crippen LogP) is 7.71. The Morgan fingerprint density at radius 1 is 0.944 bits per heavy atom. The summed E-state index contributed by atoms with van der Waals surface area (Å²) < 4.78 is 8.34. The Hall–Kier alpha value is -3.27. The van der Waals surface area contributed by atoms with Crippen molar-refractivity contribution in [2.75, 3.05) is 18.0 Å². The number of fused-ring (bicyclic) bond motifs is 1. The summed E-state index contributed by atoms with van der Waals surface area (Å²) in [7, 11) is 2.17. The van der Waals surface area contributed by atoms with E-state index in [1.54, 1.807) is 0 Å². The van der Waals surface area contributed by atoms with Gasteiger partial charge in [-0.1, -0.05) is 35.5 Å². The minimum Gasteiger partial charge on any atom is -0.371 e. The van der Waals surface area contributed by atoms with Crippen molar-refractivity contribution in [1.29, 1.82) is 0 Å². The molecule has 36 heavy (non-hydrogen) atoms. The van der Waals surface area contributed by atoms with E-state index in [2.05, 4.69) is 91.0 Å². The van der Waals surface area contributed by atoms with Gasteiger partial charge in [-0.05, 0) is 98.6 Å². The van der Waals surface area contributed by atoms with Crippen LogP contribution >= 0.6 is 0 Å². The van der Waals surface area contributed by atoms with E-state index < -0.39 is 0 Å². The second-order valence-corrected chi connectivity index (χ2v) is 11.6. The molecule has 1 spiro atoms. The van der Waals surface area contributed by atoms with E-state index in [-0.39, 0.29) is 0 Å². The van der Waals surface area contributed by atoms with Gasteiger partial charge in [0.2, 0.25) is 0 Å². The molecule has 0 bridgehead atoms. The summed E-state index contributed by atoms with van der Waals surface area (Å²) >= 11 is 0. The summed E-state index contributed by atoms with van der Waals surface area (Å²) in [5.74, 6) is 1.69. The van der Waals surface area contributed by atoms with Gasteiger partial charge >= 0.3 is 0 Å². The Labute approximate surface area is 213 Å². The number of rotatable bonds is 4. The molecule has 7 rings (SSSR count). The van der Waals surface area contributed by atoms with Crippen molar-refractivity contribution in [2.24, 2.45) is 12.5 Å². The quantitative estimate of drug-likeness (QED) is 0.302. The fraction of sp³-hybridized carbons (Fsp3) is 0.406. The highest BCUT2D eigenvalue weighted by Gasteiger charge is 2.44. The van der Waals surface area contributed by atoms with Gasteiger partial charge in [0, 0.05) is 48.6 Å². The Morgan fingerprint density at radius 2 is 1.67 bits per heavy atom. The molecule has 0 radical (unpaired) electrons. The molecule has 4 aromatic rings. The molecule has 0 N–H and O–H groups in total. The lowest BCUT2D eigenvalue weighted by Gasteiger charge is -2.47. The average Bonchev–Trinajstić information content (AvgIpc) is 3.55. The van der Waals surface area contributed by atoms with Gasteiger partial charge in [0.05, 0.1) is 5.52 Å². The normalized spacial score (nSPS) is 19.1. The first-order valence-corrected chi connectivity index (χ1v) is 13.5. The summed E-state index contributed by atoms with van der Waals surface area (Å²) in [5.41, 5.74) is 12.0. The molecule has 2 aliphatic carbocycles. The first-order valence-electron chi connectivity index (χ1n) is 13.5. The number of piperidine rings is 1. The van der Waals surface area contributed by atoms with Crippen molar-refractivity contribution in [1.82, 2.24) is 9.72 Å². The lowest BCUT2D eigenvalue weighted by molar-refractivity contribution is 0.277. The summed E-state index contributed by atoms with van der Waals surface area (Å²) in [6.45, 7) is 8.79. The number of anilines is 1. The minimum absolute atomic E-state index is 0.327. The van der Waals surface area contributed by atoms with Gasteiger partial charge in [0.15, 0.2) is 0 Å². The van der Waals surface area contributed by atoms with Crippen LogP contribution < -0.4 is 4.90 Å². The number of hydrogen-bond acceptors (Lipinski definition) is 3. The molecule has 2 fully saturated rings. The maximum Gasteiger partial charge on any atom is 0.147 e. The highest BCUT2D eigenvalue weighted by molar-refractivity contribution is 5.87. The largest absolute Gasteiger partial charge is 0.371 e. The van der Waals surface area contributed by atoms with E-state index >= 15 is 0 Å². The molecule has 4 nitrogen and oxygen atoms in total. The molecule has 184 valence electrons. The van der Waals surface area contributed by atoms with Gasteiger partial charge in [0.1, 0.15) is 11.5 Å². The third-order valence-electron chi connectivity index (χ3n) is 9.12. The number of hydrogen-bond donors (Lipinski definition) is 0. The summed E-state index contributed by atoms with van der Waals surface area (Å²) in [5, 5.41) is 6.00. The second-order valence-electron chi connectivity index (χ2n) is 11.6. The van der Waals surface area contributed by atoms with Gasteiger partial charge in [-0.2, -0.15) is 0 Å². The van der Waals surface area contributed by atoms with Gasteiger partial charge in [-0.25, -0.2) is 0 Å². The Balaban J connectivity index is 1.16. The van der Waals surface area contributed by atoms with E-state index in [9.17, 15) is 0 Å². The smallest absolute Gasteiger partial charge is 0.147 e. The lowest BCUT2D eigenvalue weighted by atomic mass is 9.63. The fourth-order valence-electron chi connectivity index (χ4n) is 6.66. The van der Waals surface area contributed by atoms with Crippen molar-refractivity contribution in [3.05, 3.63) is 76.7 Å². The molecule has 1 saturated carbocycles. The summed E-state index contributed by atoms with van der Waals surface area (Å²) in [4.78, 5) is 2.58. The van der Waals surface area contributed by atoms with Gasteiger partial charge in [-0.3, -0.25) is 0 Å². The van der Waals surface area contributed by atoms with Crippen LogP contribution in [0.5, 0.6) is 0 Å². The third-order valence-corrected chi connectivity index (χ3v) is 9.12. The van der Waals surface area contributed by atoms with E-state index in [4.69, 9.17) is 4.52 Å². The molecule has 2 aromatic heterocycles. The Kier molecular flexibility index (Phi) is 4.80.